The van der Waals surface area contributed by atoms with Crippen LogP contribution in [-0.2, 0) is 6.42 Å². The minimum Gasteiger partial charge on any atom is -0.370 e. The standard InChI is InChI=1S/C16H30N4/c1-7-9-13-19-14(17-8-2)10-15(20-13)18-11-12(3)16(4,5)6/h10,12H,7-9,11H2,1-6H3,(H2,17,18,19,20). The first kappa shape index (κ1) is 16.7. The number of aromatic nitrogens is 2. The van der Waals surface area contributed by atoms with Gasteiger partial charge in [-0.05, 0) is 24.7 Å². The van der Waals surface area contributed by atoms with Crippen molar-refractivity contribution in [1.82, 2.24) is 9.97 Å². The second kappa shape index (κ2) is 7.46. The quantitative estimate of drug-likeness (QED) is 0.792. The molecule has 1 atom stereocenters. The predicted molar refractivity (Wildman–Crippen MR) is 87.3 cm³/mol. The van der Waals surface area contributed by atoms with Crippen LogP contribution < -0.4 is 10.6 Å². The number of rotatable bonds is 7. The number of anilines is 2. The number of nitrogens with zero attached hydrogens (tertiary/aromatic N) is 2. The smallest absolute Gasteiger partial charge is 0.133 e. The number of aryl methyl sites for hydroxylation is 1. The molecule has 1 aromatic rings. The summed E-state index contributed by atoms with van der Waals surface area (Å²) in [5.74, 6) is 3.33. The maximum atomic E-state index is 4.60. The van der Waals surface area contributed by atoms with Crippen molar-refractivity contribution in [3.8, 4) is 0 Å². The molecule has 4 nitrogen and oxygen atoms in total. The van der Waals surface area contributed by atoms with Gasteiger partial charge in [-0.15, -0.1) is 0 Å². The van der Waals surface area contributed by atoms with Gasteiger partial charge in [-0.1, -0.05) is 34.6 Å². The molecule has 0 aliphatic carbocycles. The molecule has 2 N–H and O–H groups in total. The van der Waals surface area contributed by atoms with Crippen LogP contribution in [0.4, 0.5) is 11.6 Å². The lowest BCUT2D eigenvalue weighted by atomic mass is 9.82. The molecule has 1 rings (SSSR count). The van der Waals surface area contributed by atoms with E-state index in [9.17, 15) is 0 Å². The van der Waals surface area contributed by atoms with Gasteiger partial charge in [0.25, 0.3) is 0 Å². The molecule has 1 heterocycles. The highest BCUT2D eigenvalue weighted by Gasteiger charge is 2.19. The molecule has 0 amide bonds. The number of hydrogen-bond donors (Lipinski definition) is 2. The van der Waals surface area contributed by atoms with E-state index in [-0.39, 0.29) is 0 Å². The van der Waals surface area contributed by atoms with Crippen molar-refractivity contribution in [2.24, 2.45) is 11.3 Å². The third kappa shape index (κ3) is 5.35. The molecular formula is C16H30N4. The molecule has 0 saturated carbocycles. The van der Waals surface area contributed by atoms with Crippen molar-refractivity contribution < 1.29 is 0 Å². The van der Waals surface area contributed by atoms with Gasteiger partial charge in [0.1, 0.15) is 17.5 Å². The molecule has 0 saturated heterocycles. The second-order valence-corrected chi connectivity index (χ2v) is 6.48. The third-order valence-corrected chi connectivity index (χ3v) is 3.67. The van der Waals surface area contributed by atoms with Crippen molar-refractivity contribution in [1.29, 1.82) is 0 Å². The number of hydrogen-bond acceptors (Lipinski definition) is 4. The van der Waals surface area contributed by atoms with Crippen LogP contribution in [0.15, 0.2) is 6.07 Å². The van der Waals surface area contributed by atoms with Gasteiger partial charge >= 0.3 is 0 Å². The van der Waals surface area contributed by atoms with Gasteiger partial charge in [-0.3, -0.25) is 0 Å². The highest BCUT2D eigenvalue weighted by Crippen LogP contribution is 2.25. The minimum atomic E-state index is 0.302. The monoisotopic (exact) mass is 278 g/mol. The van der Waals surface area contributed by atoms with E-state index in [1.807, 2.05) is 6.07 Å². The van der Waals surface area contributed by atoms with Crippen LogP contribution >= 0.6 is 0 Å². The van der Waals surface area contributed by atoms with Gasteiger partial charge in [-0.25, -0.2) is 9.97 Å². The average molecular weight is 278 g/mol. The lowest BCUT2D eigenvalue weighted by molar-refractivity contribution is 0.274. The molecule has 20 heavy (non-hydrogen) atoms. The molecule has 0 fully saturated rings. The molecule has 114 valence electrons. The lowest BCUT2D eigenvalue weighted by Gasteiger charge is -2.27. The molecule has 1 aromatic heterocycles. The zero-order valence-corrected chi connectivity index (χ0v) is 13.9. The summed E-state index contributed by atoms with van der Waals surface area (Å²) in [5, 5.41) is 6.73. The van der Waals surface area contributed by atoms with Crippen molar-refractivity contribution >= 4 is 11.6 Å². The van der Waals surface area contributed by atoms with Crippen LogP contribution in [0.2, 0.25) is 0 Å². The maximum Gasteiger partial charge on any atom is 0.133 e. The average Bonchev–Trinajstić information content (AvgIpc) is 2.35. The molecule has 1 unspecified atom stereocenters. The van der Waals surface area contributed by atoms with E-state index in [1.165, 1.54) is 0 Å². The first-order valence-corrected chi connectivity index (χ1v) is 7.72. The Balaban J connectivity index is 2.77. The Morgan fingerprint density at radius 3 is 2.20 bits per heavy atom. The van der Waals surface area contributed by atoms with Crippen LogP contribution in [0.5, 0.6) is 0 Å². The molecule has 0 aliphatic rings. The van der Waals surface area contributed by atoms with Crippen molar-refractivity contribution in [2.75, 3.05) is 23.7 Å². The molecule has 0 aliphatic heterocycles. The Hall–Kier alpha value is -1.32. The molecular weight excluding hydrogens is 248 g/mol. The number of nitrogens with one attached hydrogen (secondary N) is 2. The van der Waals surface area contributed by atoms with Gasteiger partial charge in [0.05, 0.1) is 0 Å². The van der Waals surface area contributed by atoms with Crippen molar-refractivity contribution in [3.63, 3.8) is 0 Å². The van der Waals surface area contributed by atoms with Crippen LogP contribution in [0.3, 0.4) is 0 Å². The van der Waals surface area contributed by atoms with E-state index < -0.39 is 0 Å². The summed E-state index contributed by atoms with van der Waals surface area (Å²) in [5.41, 5.74) is 0.302. The highest BCUT2D eigenvalue weighted by molar-refractivity contribution is 5.47. The predicted octanol–water partition coefficient (Wildman–Crippen LogP) is 3.96. The Kier molecular flexibility index (Phi) is 6.24. The summed E-state index contributed by atoms with van der Waals surface area (Å²) < 4.78 is 0. The lowest BCUT2D eigenvalue weighted by Crippen LogP contribution is -2.25. The largest absolute Gasteiger partial charge is 0.370 e. The highest BCUT2D eigenvalue weighted by atomic mass is 15.1. The Bertz CT molecular complexity index is 385. The van der Waals surface area contributed by atoms with Gasteiger partial charge in [0.15, 0.2) is 0 Å². The Morgan fingerprint density at radius 2 is 1.70 bits per heavy atom. The van der Waals surface area contributed by atoms with E-state index in [2.05, 4.69) is 62.1 Å². The minimum absolute atomic E-state index is 0.302. The van der Waals surface area contributed by atoms with E-state index in [0.29, 0.717) is 11.3 Å². The topological polar surface area (TPSA) is 49.8 Å². The van der Waals surface area contributed by atoms with E-state index in [1.54, 1.807) is 0 Å². The fourth-order valence-electron chi connectivity index (χ4n) is 1.76. The van der Waals surface area contributed by atoms with E-state index >= 15 is 0 Å². The van der Waals surface area contributed by atoms with Gasteiger partial charge in [0.2, 0.25) is 0 Å². The molecule has 4 heteroatoms. The third-order valence-electron chi connectivity index (χ3n) is 3.67. The van der Waals surface area contributed by atoms with Crippen LogP contribution in [-0.4, -0.2) is 23.1 Å². The normalized spacial score (nSPS) is 13.1. The van der Waals surface area contributed by atoms with Gasteiger partial charge < -0.3 is 10.6 Å². The summed E-state index contributed by atoms with van der Waals surface area (Å²) >= 11 is 0. The van der Waals surface area contributed by atoms with Gasteiger partial charge in [-0.2, -0.15) is 0 Å². The molecule has 0 radical (unpaired) electrons. The SMILES string of the molecule is CCCc1nc(NCC)cc(NCC(C)C(C)(C)C)n1. The van der Waals surface area contributed by atoms with Crippen LogP contribution in [0.25, 0.3) is 0 Å². The Labute approximate surface area is 123 Å². The first-order chi connectivity index (χ1) is 9.36. The van der Waals surface area contributed by atoms with E-state index in [4.69, 9.17) is 0 Å². The first-order valence-electron chi connectivity index (χ1n) is 7.72. The maximum absolute atomic E-state index is 4.60. The Morgan fingerprint density at radius 1 is 1.10 bits per heavy atom. The molecule has 0 bridgehead atoms. The van der Waals surface area contributed by atoms with Crippen LogP contribution in [0, 0.1) is 11.3 Å². The van der Waals surface area contributed by atoms with Crippen molar-refractivity contribution in [2.45, 2.75) is 54.4 Å². The summed E-state index contributed by atoms with van der Waals surface area (Å²) in [6, 6.07) is 2.00. The summed E-state index contributed by atoms with van der Waals surface area (Å²) in [7, 11) is 0. The van der Waals surface area contributed by atoms with Crippen molar-refractivity contribution in [3.05, 3.63) is 11.9 Å². The molecule has 0 aromatic carbocycles. The molecule has 0 spiro atoms. The fourth-order valence-corrected chi connectivity index (χ4v) is 1.76. The zero-order valence-electron chi connectivity index (χ0n) is 13.9. The summed E-state index contributed by atoms with van der Waals surface area (Å²) in [6.07, 6.45) is 1.98. The fraction of sp³-hybridized carbons (Fsp3) is 0.750. The summed E-state index contributed by atoms with van der Waals surface area (Å²) in [4.78, 5) is 9.12. The second-order valence-electron chi connectivity index (χ2n) is 6.48. The zero-order chi connectivity index (χ0) is 15.2. The van der Waals surface area contributed by atoms with Gasteiger partial charge in [0, 0.05) is 25.6 Å². The summed E-state index contributed by atoms with van der Waals surface area (Å²) in [6.45, 7) is 15.1. The van der Waals surface area contributed by atoms with Crippen LogP contribution in [0.1, 0.15) is 53.8 Å². The van der Waals surface area contributed by atoms with E-state index in [0.717, 1.165) is 43.4 Å².